The van der Waals surface area contributed by atoms with E-state index < -0.39 is 11.5 Å². The third-order valence-corrected chi connectivity index (χ3v) is 4.72. The highest BCUT2D eigenvalue weighted by molar-refractivity contribution is 5.85. The van der Waals surface area contributed by atoms with Crippen molar-refractivity contribution in [2.75, 3.05) is 19.7 Å². The zero-order chi connectivity index (χ0) is 15.6. The standard InChI is InChI=1S/C15H26N2O4/c1-4-17(15(2,3)13(18)19)14(20)16-9-10-21-12-8-6-5-7-11(12)16/h11-12H,4-10H2,1-3H3,(H,18,19). The Morgan fingerprint density at radius 3 is 2.62 bits per heavy atom. The summed E-state index contributed by atoms with van der Waals surface area (Å²) in [4.78, 5) is 27.6. The minimum atomic E-state index is -1.20. The molecule has 2 aliphatic rings. The van der Waals surface area contributed by atoms with Gasteiger partial charge >= 0.3 is 12.0 Å². The number of carbonyl (C=O) groups excluding carboxylic acids is 1. The third-order valence-electron chi connectivity index (χ3n) is 4.72. The number of hydrogen-bond donors (Lipinski definition) is 1. The summed E-state index contributed by atoms with van der Waals surface area (Å²) in [5.74, 6) is -0.980. The van der Waals surface area contributed by atoms with Gasteiger partial charge in [-0.3, -0.25) is 0 Å². The Labute approximate surface area is 126 Å². The van der Waals surface area contributed by atoms with Crippen molar-refractivity contribution in [3.8, 4) is 0 Å². The molecule has 2 atom stereocenters. The van der Waals surface area contributed by atoms with Crippen molar-refractivity contribution in [2.45, 2.75) is 64.1 Å². The van der Waals surface area contributed by atoms with Crippen LogP contribution in [0, 0.1) is 0 Å². The first-order chi connectivity index (χ1) is 9.89. The third kappa shape index (κ3) is 3.00. The predicted molar refractivity (Wildman–Crippen MR) is 78.2 cm³/mol. The van der Waals surface area contributed by atoms with E-state index in [1.54, 1.807) is 13.8 Å². The molecule has 0 aromatic rings. The number of fused-ring (bicyclic) bond motifs is 1. The minimum Gasteiger partial charge on any atom is -0.480 e. The molecule has 2 unspecified atom stereocenters. The fourth-order valence-electron chi connectivity index (χ4n) is 3.37. The van der Waals surface area contributed by atoms with Crippen LogP contribution < -0.4 is 0 Å². The summed E-state index contributed by atoms with van der Waals surface area (Å²) in [6, 6.07) is -0.0799. The van der Waals surface area contributed by atoms with Crippen molar-refractivity contribution in [2.24, 2.45) is 0 Å². The summed E-state index contributed by atoms with van der Waals surface area (Å²) >= 11 is 0. The molecule has 0 bridgehead atoms. The predicted octanol–water partition coefficient (Wildman–Crippen LogP) is 1.93. The lowest BCUT2D eigenvalue weighted by Gasteiger charge is -2.47. The molecule has 6 nitrogen and oxygen atoms in total. The topological polar surface area (TPSA) is 70.1 Å². The Morgan fingerprint density at radius 1 is 1.33 bits per heavy atom. The van der Waals surface area contributed by atoms with Gasteiger partial charge in [0, 0.05) is 13.1 Å². The first-order valence-electron chi connectivity index (χ1n) is 7.82. The van der Waals surface area contributed by atoms with E-state index in [1.807, 2.05) is 11.8 Å². The van der Waals surface area contributed by atoms with Crippen molar-refractivity contribution in [1.82, 2.24) is 9.80 Å². The fraction of sp³-hybridized carbons (Fsp3) is 0.867. The lowest BCUT2D eigenvalue weighted by molar-refractivity contribution is -0.148. The highest BCUT2D eigenvalue weighted by Gasteiger charge is 2.43. The second-order valence-corrected chi connectivity index (χ2v) is 6.35. The molecule has 2 fully saturated rings. The number of urea groups is 1. The Balaban J connectivity index is 2.18. The fourth-order valence-corrected chi connectivity index (χ4v) is 3.37. The molecule has 0 radical (unpaired) electrons. The van der Waals surface area contributed by atoms with Gasteiger partial charge in [0.25, 0.3) is 0 Å². The maximum Gasteiger partial charge on any atom is 0.329 e. The monoisotopic (exact) mass is 298 g/mol. The van der Waals surface area contributed by atoms with Gasteiger partial charge in [0.05, 0.1) is 18.8 Å². The SMILES string of the molecule is CCN(C(=O)N1CCOC2CCCCC21)C(C)(C)C(=O)O. The van der Waals surface area contributed by atoms with Crippen molar-refractivity contribution in [3.63, 3.8) is 0 Å². The number of carbonyl (C=O) groups is 2. The van der Waals surface area contributed by atoms with Crippen molar-refractivity contribution < 1.29 is 19.4 Å². The molecule has 0 aromatic heterocycles. The lowest BCUT2D eigenvalue weighted by atomic mass is 9.90. The first kappa shape index (κ1) is 16.1. The Hall–Kier alpha value is -1.30. The normalized spacial score (nSPS) is 26.1. The minimum absolute atomic E-state index is 0.0960. The van der Waals surface area contributed by atoms with E-state index in [-0.39, 0.29) is 18.2 Å². The number of rotatable bonds is 3. The number of likely N-dealkylation sites (N-methyl/N-ethyl adjacent to an activating group) is 1. The van der Waals surface area contributed by atoms with Crippen LogP contribution in [-0.2, 0) is 9.53 Å². The Bertz CT molecular complexity index is 408. The summed E-state index contributed by atoms with van der Waals surface area (Å²) in [6.45, 7) is 6.45. The van der Waals surface area contributed by atoms with Gasteiger partial charge < -0.3 is 19.6 Å². The Morgan fingerprint density at radius 2 is 2.00 bits per heavy atom. The van der Waals surface area contributed by atoms with Gasteiger partial charge in [-0.1, -0.05) is 12.8 Å². The van der Waals surface area contributed by atoms with Gasteiger partial charge in [0.1, 0.15) is 5.54 Å². The van der Waals surface area contributed by atoms with E-state index in [4.69, 9.17) is 4.74 Å². The zero-order valence-corrected chi connectivity index (χ0v) is 13.2. The maximum absolute atomic E-state index is 12.9. The molecule has 21 heavy (non-hydrogen) atoms. The quantitative estimate of drug-likeness (QED) is 0.864. The summed E-state index contributed by atoms with van der Waals surface area (Å²) < 4.78 is 5.78. The molecule has 1 N–H and O–H groups in total. The Kier molecular flexibility index (Phi) is 4.76. The van der Waals surface area contributed by atoms with Crippen LogP contribution in [0.25, 0.3) is 0 Å². The molecule has 1 saturated heterocycles. The smallest absolute Gasteiger partial charge is 0.329 e. The number of amides is 2. The molecule has 0 aromatic carbocycles. The van der Waals surface area contributed by atoms with E-state index in [0.29, 0.717) is 19.7 Å². The summed E-state index contributed by atoms with van der Waals surface area (Å²) in [6.07, 6.45) is 4.29. The lowest BCUT2D eigenvalue weighted by Crippen LogP contribution is -2.62. The highest BCUT2D eigenvalue weighted by atomic mass is 16.5. The van der Waals surface area contributed by atoms with Gasteiger partial charge in [-0.25, -0.2) is 9.59 Å². The van der Waals surface area contributed by atoms with Crippen molar-refractivity contribution in [1.29, 1.82) is 0 Å². The van der Waals surface area contributed by atoms with Crippen LogP contribution in [0.15, 0.2) is 0 Å². The number of aliphatic carboxylic acids is 1. The summed E-state index contributed by atoms with van der Waals surface area (Å²) in [5.41, 5.74) is -1.20. The van der Waals surface area contributed by atoms with E-state index in [0.717, 1.165) is 25.7 Å². The second-order valence-electron chi connectivity index (χ2n) is 6.35. The number of nitrogens with zero attached hydrogens (tertiary/aromatic N) is 2. The summed E-state index contributed by atoms with van der Waals surface area (Å²) in [7, 11) is 0. The maximum atomic E-state index is 12.9. The zero-order valence-electron chi connectivity index (χ0n) is 13.2. The number of morpholine rings is 1. The molecule has 1 saturated carbocycles. The van der Waals surface area contributed by atoms with Crippen molar-refractivity contribution in [3.05, 3.63) is 0 Å². The van der Waals surface area contributed by atoms with Crippen LogP contribution in [0.1, 0.15) is 46.5 Å². The molecule has 1 aliphatic heterocycles. The van der Waals surface area contributed by atoms with E-state index in [9.17, 15) is 14.7 Å². The van der Waals surface area contributed by atoms with Crippen LogP contribution in [0.4, 0.5) is 4.79 Å². The average molecular weight is 298 g/mol. The van der Waals surface area contributed by atoms with Crippen LogP contribution in [0.2, 0.25) is 0 Å². The average Bonchev–Trinajstić information content (AvgIpc) is 2.46. The molecule has 1 aliphatic carbocycles. The van der Waals surface area contributed by atoms with E-state index in [1.165, 1.54) is 4.90 Å². The molecular weight excluding hydrogens is 272 g/mol. The van der Waals surface area contributed by atoms with Gasteiger partial charge in [0.15, 0.2) is 0 Å². The summed E-state index contributed by atoms with van der Waals surface area (Å²) in [5, 5.41) is 9.39. The van der Waals surface area contributed by atoms with Crippen LogP contribution in [0.5, 0.6) is 0 Å². The molecule has 2 rings (SSSR count). The number of ether oxygens (including phenoxy) is 1. The van der Waals surface area contributed by atoms with Crippen LogP contribution in [-0.4, -0.2) is 64.3 Å². The molecule has 120 valence electrons. The van der Waals surface area contributed by atoms with E-state index in [2.05, 4.69) is 0 Å². The number of hydrogen-bond acceptors (Lipinski definition) is 3. The highest BCUT2D eigenvalue weighted by Crippen LogP contribution is 2.30. The van der Waals surface area contributed by atoms with Crippen LogP contribution in [0.3, 0.4) is 0 Å². The van der Waals surface area contributed by atoms with Gasteiger partial charge in [-0.05, 0) is 33.6 Å². The van der Waals surface area contributed by atoms with Crippen molar-refractivity contribution >= 4 is 12.0 Å². The van der Waals surface area contributed by atoms with Gasteiger partial charge in [0.2, 0.25) is 0 Å². The first-order valence-corrected chi connectivity index (χ1v) is 7.82. The molecular formula is C15H26N2O4. The largest absolute Gasteiger partial charge is 0.480 e. The van der Waals surface area contributed by atoms with Gasteiger partial charge in [-0.15, -0.1) is 0 Å². The van der Waals surface area contributed by atoms with Gasteiger partial charge in [-0.2, -0.15) is 0 Å². The second kappa shape index (κ2) is 6.22. The number of carboxylic acid groups (broad SMARTS) is 1. The van der Waals surface area contributed by atoms with Crippen LogP contribution >= 0.6 is 0 Å². The molecule has 6 heteroatoms. The molecule has 1 heterocycles. The molecule has 0 spiro atoms. The molecule has 2 amide bonds. The number of carboxylic acids is 1. The van der Waals surface area contributed by atoms with E-state index >= 15 is 0 Å².